The minimum atomic E-state index is -0.783. The molecule has 2 aliphatic heterocycles. The number of nitrogens with zero attached hydrogens (tertiary/aromatic N) is 2. The molecule has 1 N–H and O–H groups in total. The molecule has 0 radical (unpaired) electrons. The van der Waals surface area contributed by atoms with E-state index in [1.54, 1.807) is 6.20 Å². The van der Waals surface area contributed by atoms with Crippen LogP contribution >= 0.6 is 0 Å². The minimum Gasteiger partial charge on any atom is -0.445 e. The van der Waals surface area contributed by atoms with E-state index in [0.29, 0.717) is 19.3 Å². The first-order chi connectivity index (χ1) is 13.1. The molecule has 2 unspecified atom stereocenters. The molecule has 1 amide bonds. The monoisotopic (exact) mass is 366 g/mol. The van der Waals surface area contributed by atoms with Gasteiger partial charge in [0.05, 0.1) is 5.60 Å². The summed E-state index contributed by atoms with van der Waals surface area (Å²) in [7, 11) is 0. The molecule has 5 nitrogen and oxygen atoms in total. The van der Waals surface area contributed by atoms with Crippen molar-refractivity contribution in [2.45, 2.75) is 62.8 Å². The summed E-state index contributed by atoms with van der Waals surface area (Å²) in [6, 6.07) is 13.7. The Morgan fingerprint density at radius 1 is 1.11 bits per heavy atom. The van der Waals surface area contributed by atoms with Gasteiger partial charge in [0.1, 0.15) is 6.61 Å². The highest BCUT2D eigenvalue weighted by atomic mass is 16.6. The van der Waals surface area contributed by atoms with Gasteiger partial charge in [-0.2, -0.15) is 0 Å². The number of rotatable bonds is 4. The first kappa shape index (κ1) is 18.0. The van der Waals surface area contributed by atoms with E-state index in [1.165, 1.54) is 0 Å². The van der Waals surface area contributed by atoms with E-state index in [1.807, 2.05) is 53.6 Å². The van der Waals surface area contributed by atoms with Crippen molar-refractivity contribution in [3.05, 3.63) is 66.0 Å². The van der Waals surface area contributed by atoms with Gasteiger partial charge in [-0.05, 0) is 49.3 Å². The van der Waals surface area contributed by atoms with Crippen molar-refractivity contribution in [1.29, 1.82) is 0 Å². The molecule has 0 saturated carbocycles. The van der Waals surface area contributed by atoms with Crippen LogP contribution in [0, 0.1) is 0 Å². The summed E-state index contributed by atoms with van der Waals surface area (Å²) in [6.07, 6.45) is 8.02. The number of hydrogen-bond donors (Lipinski definition) is 1. The minimum absolute atomic E-state index is 0.0439. The Hall–Kier alpha value is -2.40. The zero-order valence-electron chi connectivity index (χ0n) is 15.5. The fourth-order valence-corrected chi connectivity index (χ4v) is 4.65. The molecule has 1 aromatic carbocycles. The van der Waals surface area contributed by atoms with Crippen LogP contribution in [0.3, 0.4) is 0 Å². The van der Waals surface area contributed by atoms with Crippen molar-refractivity contribution in [2.24, 2.45) is 0 Å². The second kappa shape index (κ2) is 7.69. The molecular weight excluding hydrogens is 340 g/mol. The van der Waals surface area contributed by atoms with Gasteiger partial charge in [0, 0.05) is 30.9 Å². The van der Waals surface area contributed by atoms with Gasteiger partial charge >= 0.3 is 6.09 Å². The average molecular weight is 366 g/mol. The van der Waals surface area contributed by atoms with Gasteiger partial charge in [-0.1, -0.05) is 36.4 Å². The zero-order chi connectivity index (χ0) is 18.7. The number of aromatic nitrogens is 1. The number of aliphatic hydroxyl groups is 1. The van der Waals surface area contributed by atoms with Crippen LogP contribution < -0.4 is 0 Å². The molecule has 2 bridgehead atoms. The first-order valence-electron chi connectivity index (χ1n) is 9.73. The van der Waals surface area contributed by atoms with Crippen LogP contribution in [0.15, 0.2) is 54.9 Å². The number of carbonyl (C=O) groups is 1. The molecule has 2 saturated heterocycles. The smallest absolute Gasteiger partial charge is 0.410 e. The molecule has 2 aromatic rings. The summed E-state index contributed by atoms with van der Waals surface area (Å²) >= 11 is 0. The Labute approximate surface area is 160 Å². The third-order valence-electron chi connectivity index (χ3n) is 5.76. The Morgan fingerprint density at radius 3 is 2.48 bits per heavy atom. The Bertz CT molecular complexity index is 752. The topological polar surface area (TPSA) is 62.7 Å². The summed E-state index contributed by atoms with van der Waals surface area (Å²) in [5, 5.41) is 11.2. The second-order valence-corrected chi connectivity index (χ2v) is 7.86. The Morgan fingerprint density at radius 2 is 1.81 bits per heavy atom. The van der Waals surface area contributed by atoms with Crippen molar-refractivity contribution < 1.29 is 14.6 Å². The van der Waals surface area contributed by atoms with Crippen molar-refractivity contribution in [3.8, 4) is 0 Å². The van der Waals surface area contributed by atoms with Crippen molar-refractivity contribution >= 4 is 6.09 Å². The van der Waals surface area contributed by atoms with E-state index in [4.69, 9.17) is 4.74 Å². The fraction of sp³-hybridized carbons (Fsp3) is 0.455. The lowest BCUT2D eigenvalue weighted by atomic mass is 9.73. The molecule has 2 fully saturated rings. The van der Waals surface area contributed by atoms with Gasteiger partial charge < -0.3 is 14.7 Å². The molecule has 5 heteroatoms. The molecule has 2 atom stereocenters. The molecule has 1 aromatic heterocycles. The molecule has 2 aliphatic rings. The number of benzene rings is 1. The molecule has 4 rings (SSSR count). The fourth-order valence-electron chi connectivity index (χ4n) is 4.65. The highest BCUT2D eigenvalue weighted by Crippen LogP contribution is 2.41. The molecular formula is C22H26N2O3. The van der Waals surface area contributed by atoms with Crippen LogP contribution in [0.4, 0.5) is 4.79 Å². The van der Waals surface area contributed by atoms with Crippen LogP contribution in [0.5, 0.6) is 0 Å². The zero-order valence-corrected chi connectivity index (χ0v) is 15.5. The summed E-state index contributed by atoms with van der Waals surface area (Å²) < 4.78 is 5.59. The molecule has 142 valence electrons. The predicted molar refractivity (Wildman–Crippen MR) is 102 cm³/mol. The summed E-state index contributed by atoms with van der Waals surface area (Å²) in [5.74, 6) is 0. The first-order valence-corrected chi connectivity index (χ1v) is 9.73. The highest BCUT2D eigenvalue weighted by molar-refractivity contribution is 5.69. The lowest BCUT2D eigenvalue weighted by Crippen LogP contribution is -2.60. The lowest BCUT2D eigenvalue weighted by molar-refractivity contribution is -0.0846. The third kappa shape index (κ3) is 4.14. The number of fused-ring (bicyclic) bond motifs is 2. The van der Waals surface area contributed by atoms with Gasteiger partial charge in [-0.15, -0.1) is 0 Å². The number of ether oxygens (including phenoxy) is 1. The van der Waals surface area contributed by atoms with Crippen LogP contribution in [-0.2, 0) is 17.8 Å². The van der Waals surface area contributed by atoms with Crippen LogP contribution in [0.2, 0.25) is 0 Å². The quantitative estimate of drug-likeness (QED) is 0.896. The molecule has 27 heavy (non-hydrogen) atoms. The summed E-state index contributed by atoms with van der Waals surface area (Å²) in [6.45, 7) is 0.287. The van der Waals surface area contributed by atoms with E-state index in [9.17, 15) is 9.90 Å². The van der Waals surface area contributed by atoms with Crippen LogP contribution in [0.25, 0.3) is 0 Å². The summed E-state index contributed by atoms with van der Waals surface area (Å²) in [4.78, 5) is 18.8. The highest BCUT2D eigenvalue weighted by Gasteiger charge is 2.47. The Balaban J connectivity index is 1.43. The molecule has 0 aliphatic carbocycles. The normalized spacial score (nSPS) is 27.2. The summed E-state index contributed by atoms with van der Waals surface area (Å²) in [5.41, 5.74) is 1.24. The van der Waals surface area contributed by atoms with Gasteiger partial charge in [-0.3, -0.25) is 4.98 Å². The van der Waals surface area contributed by atoms with E-state index in [0.717, 1.165) is 30.4 Å². The van der Waals surface area contributed by atoms with Gasteiger partial charge in [-0.25, -0.2) is 4.79 Å². The number of amides is 1. The van der Waals surface area contributed by atoms with Gasteiger partial charge in [0.2, 0.25) is 0 Å². The maximum Gasteiger partial charge on any atom is 0.410 e. The largest absolute Gasteiger partial charge is 0.445 e. The predicted octanol–water partition coefficient (Wildman–Crippen LogP) is 3.71. The average Bonchev–Trinajstić information content (AvgIpc) is 2.67. The van der Waals surface area contributed by atoms with Crippen molar-refractivity contribution in [1.82, 2.24) is 9.88 Å². The maximum absolute atomic E-state index is 12.8. The van der Waals surface area contributed by atoms with E-state index >= 15 is 0 Å². The van der Waals surface area contributed by atoms with E-state index in [2.05, 4.69) is 4.98 Å². The maximum atomic E-state index is 12.8. The third-order valence-corrected chi connectivity index (χ3v) is 5.76. The van der Waals surface area contributed by atoms with Gasteiger partial charge in [0.15, 0.2) is 0 Å². The van der Waals surface area contributed by atoms with Crippen molar-refractivity contribution in [3.63, 3.8) is 0 Å². The van der Waals surface area contributed by atoms with E-state index in [-0.39, 0.29) is 24.8 Å². The number of hydrogen-bond acceptors (Lipinski definition) is 4. The number of carbonyl (C=O) groups excluding carboxylic acids is 1. The second-order valence-electron chi connectivity index (χ2n) is 7.86. The number of piperidine rings is 2. The lowest BCUT2D eigenvalue weighted by Gasteiger charge is -2.51. The van der Waals surface area contributed by atoms with Crippen LogP contribution in [0.1, 0.15) is 43.2 Å². The SMILES string of the molecule is O=C(OCc1ccccc1)N1C2CCCC1CC(O)(Cc1cccnc1)C2. The number of pyridine rings is 1. The Kier molecular flexibility index (Phi) is 5.12. The van der Waals surface area contributed by atoms with E-state index < -0.39 is 5.60 Å². The standard InChI is InChI=1S/C22H26N2O3/c25-21(27-16-17-6-2-1-3-7-17)24-19-9-4-10-20(24)14-22(26,13-19)12-18-8-5-11-23-15-18/h1-3,5-8,11,15,19-20,26H,4,9-10,12-14,16H2. The molecule has 3 heterocycles. The van der Waals surface area contributed by atoms with Crippen molar-refractivity contribution in [2.75, 3.05) is 0 Å². The molecule has 0 spiro atoms. The van der Waals surface area contributed by atoms with Crippen LogP contribution in [-0.4, -0.2) is 38.8 Å². The van der Waals surface area contributed by atoms with Gasteiger partial charge in [0.25, 0.3) is 0 Å².